The van der Waals surface area contributed by atoms with Crippen LogP contribution < -0.4 is 0 Å². The number of rotatable bonds is 5. The first-order valence-electron chi connectivity index (χ1n) is 8.84. The Hall–Kier alpha value is -2.16. The molecule has 2 aromatic rings. The van der Waals surface area contributed by atoms with Crippen LogP contribution in [-0.4, -0.2) is 27.9 Å². The molecule has 3 rings (SSSR count). The lowest BCUT2D eigenvalue weighted by Gasteiger charge is -2.32. The van der Waals surface area contributed by atoms with Crippen LogP contribution in [0.4, 0.5) is 0 Å². The zero-order valence-corrected chi connectivity index (χ0v) is 15.0. The van der Waals surface area contributed by atoms with Crippen LogP contribution in [0.5, 0.6) is 0 Å². The molecule has 126 valence electrons. The van der Waals surface area contributed by atoms with E-state index in [-0.39, 0.29) is 11.9 Å². The van der Waals surface area contributed by atoms with Crippen molar-refractivity contribution in [1.82, 2.24) is 9.88 Å². The van der Waals surface area contributed by atoms with Crippen LogP contribution in [0, 0.1) is 12.8 Å². The van der Waals surface area contributed by atoms with E-state index in [1.807, 2.05) is 49.4 Å². The third-order valence-electron chi connectivity index (χ3n) is 4.96. The molecule has 3 nitrogen and oxygen atoms in total. The summed E-state index contributed by atoms with van der Waals surface area (Å²) in [4.78, 5) is 19.9. The number of hydrogen-bond donors (Lipinski definition) is 0. The number of hydrogen-bond acceptors (Lipinski definition) is 2. The molecule has 1 unspecified atom stereocenters. The number of nitrogens with zero attached hydrogens (tertiary/aromatic N) is 2. The summed E-state index contributed by atoms with van der Waals surface area (Å²) in [5, 5.41) is 0. The number of carbonyl (C=O) groups excluding carboxylic acids is 1. The Balaban J connectivity index is 1.90. The Morgan fingerprint density at radius 3 is 2.29 bits per heavy atom. The normalized spacial score (nSPS) is 15.4. The second-order valence-electron chi connectivity index (χ2n) is 7.12. The number of aryl methyl sites for hydroxylation is 1. The van der Waals surface area contributed by atoms with Gasteiger partial charge >= 0.3 is 0 Å². The first kappa shape index (κ1) is 16.7. The standard InChI is InChI=1S/C21H26N2O/c1-14(2)16(4)23(18-10-11-18)21(24)19-12-13-20(22-15(19)3)17-8-6-5-7-9-17/h5-9,12-14,16,18H,10-11H2,1-4H3. The molecular weight excluding hydrogens is 296 g/mol. The van der Waals surface area contributed by atoms with Gasteiger partial charge in [0.1, 0.15) is 0 Å². The first-order chi connectivity index (χ1) is 11.5. The topological polar surface area (TPSA) is 33.2 Å². The highest BCUT2D eigenvalue weighted by atomic mass is 16.2. The summed E-state index contributed by atoms with van der Waals surface area (Å²) in [6.07, 6.45) is 2.24. The van der Waals surface area contributed by atoms with Crippen LogP contribution in [0.2, 0.25) is 0 Å². The van der Waals surface area contributed by atoms with Crippen LogP contribution in [0.25, 0.3) is 11.3 Å². The van der Waals surface area contributed by atoms with Crippen molar-refractivity contribution < 1.29 is 4.79 Å². The average molecular weight is 322 g/mol. The van der Waals surface area contributed by atoms with Gasteiger partial charge in [0.05, 0.1) is 17.0 Å². The maximum Gasteiger partial charge on any atom is 0.256 e. The molecule has 1 atom stereocenters. The van der Waals surface area contributed by atoms with Gasteiger partial charge in [-0.3, -0.25) is 9.78 Å². The molecule has 1 aromatic carbocycles. The Bertz CT molecular complexity index is 720. The van der Waals surface area contributed by atoms with Crippen molar-refractivity contribution in [1.29, 1.82) is 0 Å². The highest BCUT2D eigenvalue weighted by Gasteiger charge is 2.37. The van der Waals surface area contributed by atoms with E-state index in [0.29, 0.717) is 12.0 Å². The van der Waals surface area contributed by atoms with Gasteiger partial charge in [-0.25, -0.2) is 0 Å². The number of pyridine rings is 1. The van der Waals surface area contributed by atoms with E-state index in [2.05, 4.69) is 30.7 Å². The molecule has 1 aliphatic rings. The smallest absolute Gasteiger partial charge is 0.256 e. The molecule has 0 bridgehead atoms. The molecule has 0 spiro atoms. The maximum absolute atomic E-state index is 13.1. The molecule has 3 heteroatoms. The van der Waals surface area contributed by atoms with Crippen molar-refractivity contribution in [2.45, 2.75) is 52.6 Å². The molecule has 1 aromatic heterocycles. The summed E-state index contributed by atoms with van der Waals surface area (Å²) in [5.41, 5.74) is 3.53. The summed E-state index contributed by atoms with van der Waals surface area (Å²) >= 11 is 0. The summed E-state index contributed by atoms with van der Waals surface area (Å²) in [6.45, 7) is 8.45. The van der Waals surface area contributed by atoms with Crippen molar-refractivity contribution >= 4 is 5.91 Å². The van der Waals surface area contributed by atoms with Gasteiger partial charge < -0.3 is 4.90 Å². The van der Waals surface area contributed by atoms with Crippen molar-refractivity contribution in [3.8, 4) is 11.3 Å². The Kier molecular flexibility index (Phi) is 4.70. The van der Waals surface area contributed by atoms with E-state index in [4.69, 9.17) is 0 Å². The minimum Gasteiger partial charge on any atom is -0.333 e. The average Bonchev–Trinajstić information content (AvgIpc) is 3.40. The summed E-state index contributed by atoms with van der Waals surface area (Å²) in [7, 11) is 0. The SMILES string of the molecule is Cc1nc(-c2ccccc2)ccc1C(=O)N(C1CC1)C(C)C(C)C. The summed E-state index contributed by atoms with van der Waals surface area (Å²) in [6, 6.07) is 14.6. The fourth-order valence-corrected chi connectivity index (χ4v) is 3.05. The predicted octanol–water partition coefficient (Wildman–Crippen LogP) is 4.71. The molecule has 1 fully saturated rings. The zero-order valence-electron chi connectivity index (χ0n) is 15.0. The fourth-order valence-electron chi connectivity index (χ4n) is 3.05. The minimum atomic E-state index is 0.128. The van der Waals surface area contributed by atoms with E-state index in [9.17, 15) is 4.79 Å². The second-order valence-corrected chi connectivity index (χ2v) is 7.12. The van der Waals surface area contributed by atoms with Gasteiger partial charge in [0.2, 0.25) is 0 Å². The molecule has 0 radical (unpaired) electrons. The highest BCUT2D eigenvalue weighted by Crippen LogP contribution is 2.32. The molecule has 0 saturated heterocycles. The van der Waals surface area contributed by atoms with Crippen LogP contribution in [0.3, 0.4) is 0 Å². The third kappa shape index (κ3) is 3.35. The Morgan fingerprint density at radius 1 is 1.08 bits per heavy atom. The van der Waals surface area contributed by atoms with Gasteiger partial charge in [-0.1, -0.05) is 44.2 Å². The second kappa shape index (κ2) is 6.76. The van der Waals surface area contributed by atoms with Crippen molar-refractivity contribution in [3.05, 3.63) is 53.7 Å². The first-order valence-corrected chi connectivity index (χ1v) is 8.84. The van der Waals surface area contributed by atoms with Gasteiger partial charge in [0, 0.05) is 17.6 Å². The van der Waals surface area contributed by atoms with E-state index in [1.54, 1.807) is 0 Å². The van der Waals surface area contributed by atoms with Crippen molar-refractivity contribution in [2.24, 2.45) is 5.92 Å². The number of carbonyl (C=O) groups is 1. The minimum absolute atomic E-state index is 0.128. The number of benzene rings is 1. The monoisotopic (exact) mass is 322 g/mol. The fraction of sp³-hybridized carbons (Fsp3) is 0.429. The van der Waals surface area contributed by atoms with Gasteiger partial charge in [-0.15, -0.1) is 0 Å². The third-order valence-corrected chi connectivity index (χ3v) is 4.96. The molecule has 1 amide bonds. The maximum atomic E-state index is 13.1. The number of aromatic nitrogens is 1. The lowest BCUT2D eigenvalue weighted by Crippen LogP contribution is -2.43. The summed E-state index contributed by atoms with van der Waals surface area (Å²) < 4.78 is 0. The summed E-state index contributed by atoms with van der Waals surface area (Å²) in [5.74, 6) is 0.578. The highest BCUT2D eigenvalue weighted by molar-refractivity contribution is 5.96. The van der Waals surface area contributed by atoms with Gasteiger partial charge in [0.25, 0.3) is 5.91 Å². The quantitative estimate of drug-likeness (QED) is 0.799. The van der Waals surface area contributed by atoms with Crippen LogP contribution in [0.15, 0.2) is 42.5 Å². The zero-order chi connectivity index (χ0) is 17.3. The molecule has 0 N–H and O–H groups in total. The predicted molar refractivity (Wildman–Crippen MR) is 97.9 cm³/mol. The van der Waals surface area contributed by atoms with Crippen molar-refractivity contribution in [2.75, 3.05) is 0 Å². The van der Waals surface area contributed by atoms with E-state index in [0.717, 1.165) is 35.4 Å². The van der Waals surface area contributed by atoms with E-state index >= 15 is 0 Å². The molecule has 1 aliphatic carbocycles. The molecular formula is C21H26N2O. The van der Waals surface area contributed by atoms with Crippen LogP contribution >= 0.6 is 0 Å². The lowest BCUT2D eigenvalue weighted by molar-refractivity contribution is 0.0626. The largest absolute Gasteiger partial charge is 0.333 e. The van der Waals surface area contributed by atoms with Crippen LogP contribution in [-0.2, 0) is 0 Å². The molecule has 1 heterocycles. The lowest BCUT2D eigenvalue weighted by atomic mass is 10.0. The van der Waals surface area contributed by atoms with E-state index in [1.165, 1.54) is 0 Å². The number of amides is 1. The van der Waals surface area contributed by atoms with Gasteiger partial charge in [-0.2, -0.15) is 0 Å². The molecule has 0 aliphatic heterocycles. The molecule has 24 heavy (non-hydrogen) atoms. The Labute approximate surface area is 144 Å². The van der Waals surface area contributed by atoms with Gasteiger partial charge in [-0.05, 0) is 44.7 Å². The molecule has 1 saturated carbocycles. The van der Waals surface area contributed by atoms with E-state index < -0.39 is 0 Å². The van der Waals surface area contributed by atoms with Crippen molar-refractivity contribution in [3.63, 3.8) is 0 Å². The Morgan fingerprint density at radius 2 is 1.75 bits per heavy atom. The van der Waals surface area contributed by atoms with Crippen LogP contribution in [0.1, 0.15) is 49.7 Å². The van der Waals surface area contributed by atoms with Gasteiger partial charge in [0.15, 0.2) is 0 Å².